The second-order valence-corrected chi connectivity index (χ2v) is 7.14. The maximum absolute atomic E-state index is 14.0. The smallest absolute Gasteiger partial charge is 0.264 e. The highest BCUT2D eigenvalue weighted by molar-refractivity contribution is 7.92. The van der Waals surface area contributed by atoms with E-state index in [1.54, 1.807) is 12.1 Å². The molecule has 1 heterocycles. The largest absolute Gasteiger partial charge is 0.495 e. The molecule has 0 radical (unpaired) electrons. The van der Waals surface area contributed by atoms with Gasteiger partial charge in [0.25, 0.3) is 10.0 Å². The molecule has 0 spiro atoms. The van der Waals surface area contributed by atoms with E-state index in [0.29, 0.717) is 17.7 Å². The summed E-state index contributed by atoms with van der Waals surface area (Å²) in [6, 6.07) is 8.76. The number of ether oxygens (including phenoxy) is 1. The minimum Gasteiger partial charge on any atom is -0.495 e. The number of fused-ring (bicyclic) bond motifs is 1. The van der Waals surface area contributed by atoms with Gasteiger partial charge in [0.2, 0.25) is 0 Å². The first-order valence-electron chi connectivity index (χ1n) is 6.59. The number of hydrogen-bond donors (Lipinski definition) is 0. The zero-order valence-corrected chi connectivity index (χ0v) is 13.3. The fourth-order valence-electron chi connectivity index (χ4n) is 2.55. The lowest BCUT2D eigenvalue weighted by Gasteiger charge is -2.20. The fourth-order valence-corrected chi connectivity index (χ4v) is 4.41. The topological polar surface area (TPSA) is 46.6 Å². The van der Waals surface area contributed by atoms with Gasteiger partial charge < -0.3 is 4.74 Å². The van der Waals surface area contributed by atoms with Crippen LogP contribution in [0, 0.1) is 5.82 Å². The average Bonchev–Trinajstić information content (AvgIpc) is 2.93. The van der Waals surface area contributed by atoms with E-state index in [0.717, 1.165) is 4.31 Å². The maximum Gasteiger partial charge on any atom is 0.264 e. The Balaban J connectivity index is 2.08. The third-order valence-electron chi connectivity index (χ3n) is 3.62. The number of rotatable bonds is 3. The predicted octanol–water partition coefficient (Wildman–Crippen LogP) is 3.24. The molecule has 116 valence electrons. The van der Waals surface area contributed by atoms with Gasteiger partial charge in [-0.2, -0.15) is 0 Å². The van der Waals surface area contributed by atoms with Crippen LogP contribution in [-0.4, -0.2) is 22.1 Å². The second-order valence-electron chi connectivity index (χ2n) is 4.87. The summed E-state index contributed by atoms with van der Waals surface area (Å²) in [5.74, 6) is -0.160. The van der Waals surface area contributed by atoms with Gasteiger partial charge in [0.05, 0.1) is 22.7 Å². The molecule has 0 fully saturated rings. The summed E-state index contributed by atoms with van der Waals surface area (Å²) in [6.45, 7) is 0.211. The van der Waals surface area contributed by atoms with Crippen LogP contribution in [0.4, 0.5) is 10.1 Å². The molecule has 4 nitrogen and oxygen atoms in total. The van der Waals surface area contributed by atoms with E-state index in [-0.39, 0.29) is 22.2 Å². The Hall–Kier alpha value is -1.79. The second kappa shape index (κ2) is 5.44. The summed E-state index contributed by atoms with van der Waals surface area (Å²) < 4.78 is 45.7. The van der Waals surface area contributed by atoms with E-state index < -0.39 is 15.8 Å². The Morgan fingerprint density at radius 3 is 2.73 bits per heavy atom. The summed E-state index contributed by atoms with van der Waals surface area (Å²) in [6.07, 6.45) is 0.482. The van der Waals surface area contributed by atoms with Crippen molar-refractivity contribution in [2.24, 2.45) is 0 Å². The van der Waals surface area contributed by atoms with Crippen molar-refractivity contribution in [3.63, 3.8) is 0 Å². The van der Waals surface area contributed by atoms with Gasteiger partial charge in [-0.05, 0) is 36.2 Å². The van der Waals surface area contributed by atoms with Crippen molar-refractivity contribution < 1.29 is 17.5 Å². The summed E-state index contributed by atoms with van der Waals surface area (Å²) >= 11 is 5.99. The Morgan fingerprint density at radius 1 is 1.27 bits per heavy atom. The highest BCUT2D eigenvalue weighted by Crippen LogP contribution is 2.36. The first-order chi connectivity index (χ1) is 10.4. The van der Waals surface area contributed by atoms with Crippen LogP contribution < -0.4 is 9.04 Å². The highest BCUT2D eigenvalue weighted by atomic mass is 35.5. The molecule has 0 bridgehead atoms. The third kappa shape index (κ3) is 2.32. The number of nitrogens with zero attached hydrogens (tertiary/aromatic N) is 1. The zero-order chi connectivity index (χ0) is 15.9. The molecule has 1 aliphatic rings. The number of hydrogen-bond acceptors (Lipinski definition) is 3. The van der Waals surface area contributed by atoms with Crippen LogP contribution in [0.2, 0.25) is 5.02 Å². The van der Waals surface area contributed by atoms with Crippen LogP contribution in [0.25, 0.3) is 0 Å². The van der Waals surface area contributed by atoms with Crippen LogP contribution in [0.5, 0.6) is 5.75 Å². The Bertz CT molecular complexity index is 839. The zero-order valence-electron chi connectivity index (χ0n) is 11.7. The Kier molecular flexibility index (Phi) is 3.74. The van der Waals surface area contributed by atoms with Gasteiger partial charge in [-0.3, -0.25) is 4.31 Å². The molecule has 1 aliphatic heterocycles. The fraction of sp³-hybridized carbons (Fsp3) is 0.200. The molecule has 0 aliphatic carbocycles. The first-order valence-corrected chi connectivity index (χ1v) is 8.40. The van der Waals surface area contributed by atoms with Crippen molar-refractivity contribution in [1.29, 1.82) is 0 Å². The van der Waals surface area contributed by atoms with Gasteiger partial charge in [-0.1, -0.05) is 23.7 Å². The van der Waals surface area contributed by atoms with Crippen molar-refractivity contribution in [3.8, 4) is 5.75 Å². The quantitative estimate of drug-likeness (QED) is 0.861. The molecule has 0 N–H and O–H groups in total. The molecule has 7 heteroatoms. The number of benzene rings is 2. The van der Waals surface area contributed by atoms with Gasteiger partial charge in [0.1, 0.15) is 11.6 Å². The molecule has 22 heavy (non-hydrogen) atoms. The number of halogens is 2. The SMILES string of the molecule is COc1ccc(S(=O)(=O)N2CCc3cccc(F)c32)cc1Cl. The summed E-state index contributed by atoms with van der Waals surface area (Å²) in [5.41, 5.74) is 0.803. The molecule has 3 rings (SSSR count). The minimum absolute atomic E-state index is 0.00871. The van der Waals surface area contributed by atoms with E-state index in [1.807, 2.05) is 0 Å². The van der Waals surface area contributed by atoms with Crippen molar-refractivity contribution in [2.75, 3.05) is 18.0 Å². The molecular weight excluding hydrogens is 329 g/mol. The van der Waals surface area contributed by atoms with Crippen molar-refractivity contribution >= 4 is 27.3 Å². The van der Waals surface area contributed by atoms with Crippen LogP contribution in [0.3, 0.4) is 0 Å². The maximum atomic E-state index is 14.0. The Labute approximate surface area is 133 Å². The third-order valence-corrected chi connectivity index (χ3v) is 5.71. The molecule has 0 unspecified atom stereocenters. The lowest BCUT2D eigenvalue weighted by atomic mass is 10.2. The van der Waals surface area contributed by atoms with E-state index in [1.165, 1.54) is 31.4 Å². The Morgan fingerprint density at radius 2 is 2.05 bits per heavy atom. The number of para-hydroxylation sites is 1. The van der Waals surface area contributed by atoms with Crippen LogP contribution in [-0.2, 0) is 16.4 Å². The van der Waals surface area contributed by atoms with Gasteiger partial charge in [0.15, 0.2) is 0 Å². The number of anilines is 1. The summed E-state index contributed by atoms with van der Waals surface area (Å²) in [5, 5.41) is 0.191. The normalized spacial score (nSPS) is 14.0. The minimum atomic E-state index is -3.87. The predicted molar refractivity (Wildman–Crippen MR) is 82.6 cm³/mol. The monoisotopic (exact) mass is 341 g/mol. The number of sulfonamides is 1. The van der Waals surface area contributed by atoms with Crippen molar-refractivity contribution in [1.82, 2.24) is 0 Å². The first kappa shape index (κ1) is 15.1. The van der Waals surface area contributed by atoms with Gasteiger partial charge in [-0.25, -0.2) is 12.8 Å². The molecule has 0 saturated heterocycles. The molecule has 2 aromatic carbocycles. The van der Waals surface area contributed by atoms with E-state index in [4.69, 9.17) is 16.3 Å². The van der Waals surface area contributed by atoms with Crippen LogP contribution in [0.15, 0.2) is 41.3 Å². The molecule has 0 atom stereocenters. The van der Waals surface area contributed by atoms with Gasteiger partial charge in [-0.15, -0.1) is 0 Å². The van der Waals surface area contributed by atoms with Crippen molar-refractivity contribution in [3.05, 3.63) is 52.8 Å². The van der Waals surface area contributed by atoms with E-state index >= 15 is 0 Å². The van der Waals surface area contributed by atoms with Crippen LogP contribution in [0.1, 0.15) is 5.56 Å². The molecular formula is C15H13ClFNO3S. The van der Waals surface area contributed by atoms with Gasteiger partial charge >= 0.3 is 0 Å². The van der Waals surface area contributed by atoms with Crippen LogP contribution >= 0.6 is 11.6 Å². The molecule has 0 aromatic heterocycles. The van der Waals surface area contributed by atoms with E-state index in [2.05, 4.69) is 0 Å². The summed E-state index contributed by atoms with van der Waals surface area (Å²) in [4.78, 5) is 0.00871. The molecule has 0 saturated carbocycles. The average molecular weight is 342 g/mol. The number of methoxy groups -OCH3 is 1. The van der Waals surface area contributed by atoms with E-state index in [9.17, 15) is 12.8 Å². The highest BCUT2D eigenvalue weighted by Gasteiger charge is 2.33. The lowest BCUT2D eigenvalue weighted by molar-refractivity contribution is 0.414. The molecule has 0 amide bonds. The lowest BCUT2D eigenvalue weighted by Crippen LogP contribution is -2.29. The van der Waals surface area contributed by atoms with Gasteiger partial charge in [0, 0.05) is 6.54 Å². The summed E-state index contributed by atoms with van der Waals surface area (Å²) in [7, 11) is -2.42. The standard InChI is InChI=1S/C15H13ClFNO3S/c1-21-14-6-5-11(9-12(14)16)22(19,20)18-8-7-10-3-2-4-13(17)15(10)18/h2-6,9H,7-8H2,1H3. The molecule has 2 aromatic rings. The van der Waals surface area contributed by atoms with Crippen molar-refractivity contribution in [2.45, 2.75) is 11.3 Å².